The molecule has 1 N–H and O–H groups in total. The highest BCUT2D eigenvalue weighted by Gasteiger charge is 2.39. The largest absolute Gasteiger partial charge is 0.346 e. The number of carbonyl (C=O) groups excluding carboxylic acids is 1. The van der Waals surface area contributed by atoms with Gasteiger partial charge in [0, 0.05) is 12.1 Å². The number of hydrogen-bond donors (Lipinski definition) is 1. The molecule has 0 saturated carbocycles. The summed E-state index contributed by atoms with van der Waals surface area (Å²) in [4.78, 5) is 17.4. The number of sulfonamides is 1. The number of nitrogens with zero attached hydrogens (tertiary/aromatic N) is 3. The van der Waals surface area contributed by atoms with Crippen LogP contribution in [0.4, 0.5) is 0 Å². The lowest BCUT2D eigenvalue weighted by Crippen LogP contribution is -2.45. The quantitative estimate of drug-likeness (QED) is 0.471. The lowest BCUT2D eigenvalue weighted by Gasteiger charge is -2.23. The van der Waals surface area contributed by atoms with Crippen LogP contribution in [-0.2, 0) is 21.4 Å². The van der Waals surface area contributed by atoms with Gasteiger partial charge in [0.25, 0.3) is 0 Å². The molecular formula is C24H22N4O4S. The third-order valence-electron chi connectivity index (χ3n) is 5.75. The molecular weight excluding hydrogens is 440 g/mol. The number of carbonyl (C=O) groups is 1. The van der Waals surface area contributed by atoms with Gasteiger partial charge in [-0.1, -0.05) is 65.8 Å². The fourth-order valence-electron chi connectivity index (χ4n) is 4.06. The van der Waals surface area contributed by atoms with Crippen LogP contribution >= 0.6 is 0 Å². The standard InChI is InChI=1S/C24H22N4O4S/c29-24(25-16-22-26-23(27-32-22)18-8-2-1-3-9-18)21-11-6-14-28(21)33(30,31)20-13-12-17-7-4-5-10-19(17)15-20/h1-5,7-10,12-13,15,21H,6,11,14,16H2,(H,25,29)/t21-/m1/s1. The summed E-state index contributed by atoms with van der Waals surface area (Å²) in [5.74, 6) is 0.307. The zero-order valence-electron chi connectivity index (χ0n) is 17.7. The summed E-state index contributed by atoms with van der Waals surface area (Å²) in [5, 5.41) is 8.48. The van der Waals surface area contributed by atoms with Crippen molar-refractivity contribution in [3.8, 4) is 11.4 Å². The minimum Gasteiger partial charge on any atom is -0.346 e. The molecule has 1 fully saturated rings. The fraction of sp³-hybridized carbons (Fsp3) is 0.208. The predicted molar refractivity (Wildman–Crippen MR) is 122 cm³/mol. The number of hydrogen-bond acceptors (Lipinski definition) is 6. The molecule has 8 nitrogen and oxygen atoms in total. The van der Waals surface area contributed by atoms with E-state index in [0.717, 1.165) is 16.3 Å². The van der Waals surface area contributed by atoms with Crippen molar-refractivity contribution in [3.05, 3.63) is 78.7 Å². The predicted octanol–water partition coefficient (Wildman–Crippen LogP) is 3.36. The van der Waals surface area contributed by atoms with Crippen LogP contribution in [-0.4, -0.2) is 41.4 Å². The van der Waals surface area contributed by atoms with Gasteiger partial charge in [0.05, 0.1) is 11.4 Å². The minimum atomic E-state index is -3.82. The zero-order chi connectivity index (χ0) is 22.8. The Balaban J connectivity index is 1.29. The number of amides is 1. The number of aromatic nitrogens is 2. The van der Waals surface area contributed by atoms with E-state index in [1.165, 1.54) is 4.31 Å². The summed E-state index contributed by atoms with van der Waals surface area (Å²) in [5.41, 5.74) is 0.808. The van der Waals surface area contributed by atoms with Crippen molar-refractivity contribution in [2.75, 3.05) is 6.54 Å². The Morgan fingerprint density at radius 2 is 1.79 bits per heavy atom. The molecule has 0 spiro atoms. The van der Waals surface area contributed by atoms with Crippen LogP contribution in [0.25, 0.3) is 22.2 Å². The first-order chi connectivity index (χ1) is 16.0. The molecule has 5 rings (SSSR count). The maximum atomic E-state index is 13.3. The van der Waals surface area contributed by atoms with Crippen molar-refractivity contribution in [1.82, 2.24) is 19.8 Å². The third kappa shape index (κ3) is 4.24. The average molecular weight is 463 g/mol. The van der Waals surface area contributed by atoms with E-state index in [-0.39, 0.29) is 23.2 Å². The fourth-order valence-corrected chi connectivity index (χ4v) is 5.76. The lowest BCUT2D eigenvalue weighted by atomic mass is 10.1. The van der Waals surface area contributed by atoms with Crippen molar-refractivity contribution < 1.29 is 17.7 Å². The van der Waals surface area contributed by atoms with Gasteiger partial charge in [-0.15, -0.1) is 0 Å². The van der Waals surface area contributed by atoms with Crippen molar-refractivity contribution in [1.29, 1.82) is 0 Å². The Labute approximate surface area is 191 Å². The first-order valence-electron chi connectivity index (χ1n) is 10.7. The van der Waals surface area contributed by atoms with Gasteiger partial charge < -0.3 is 9.84 Å². The number of nitrogens with one attached hydrogen (secondary N) is 1. The maximum absolute atomic E-state index is 13.3. The van der Waals surface area contributed by atoms with Crippen molar-refractivity contribution in [2.45, 2.75) is 30.3 Å². The van der Waals surface area contributed by atoms with Gasteiger partial charge in [0.15, 0.2) is 0 Å². The van der Waals surface area contributed by atoms with Gasteiger partial charge in [-0.05, 0) is 35.7 Å². The minimum absolute atomic E-state index is 0.0268. The van der Waals surface area contributed by atoms with Crippen LogP contribution in [0.5, 0.6) is 0 Å². The Morgan fingerprint density at radius 1 is 1.03 bits per heavy atom. The van der Waals surface area contributed by atoms with E-state index in [9.17, 15) is 13.2 Å². The maximum Gasteiger partial charge on any atom is 0.246 e. The normalized spacial score (nSPS) is 16.8. The first kappa shape index (κ1) is 21.3. The molecule has 1 aliphatic heterocycles. The summed E-state index contributed by atoms with van der Waals surface area (Å²) >= 11 is 0. The van der Waals surface area contributed by atoms with E-state index >= 15 is 0 Å². The molecule has 1 aromatic heterocycles. The molecule has 9 heteroatoms. The smallest absolute Gasteiger partial charge is 0.246 e. The molecule has 0 aliphatic carbocycles. The SMILES string of the molecule is O=C(NCc1nc(-c2ccccc2)no1)[C@H]1CCCN1S(=O)(=O)c1ccc2ccccc2c1. The second-order valence-corrected chi connectivity index (χ2v) is 9.77. The average Bonchev–Trinajstić information content (AvgIpc) is 3.53. The molecule has 1 aliphatic rings. The second-order valence-electron chi connectivity index (χ2n) is 7.88. The summed E-state index contributed by atoms with van der Waals surface area (Å²) in [7, 11) is -3.82. The lowest BCUT2D eigenvalue weighted by molar-refractivity contribution is -0.124. The van der Waals surface area contributed by atoms with Gasteiger partial charge >= 0.3 is 0 Å². The molecule has 168 valence electrons. The highest BCUT2D eigenvalue weighted by molar-refractivity contribution is 7.89. The number of rotatable bonds is 6. The summed E-state index contributed by atoms with van der Waals surface area (Å²) in [6.07, 6.45) is 1.07. The molecule has 1 saturated heterocycles. The number of benzene rings is 3. The molecule has 0 bridgehead atoms. The third-order valence-corrected chi connectivity index (χ3v) is 7.65. The van der Waals surface area contributed by atoms with E-state index in [1.54, 1.807) is 18.2 Å². The molecule has 3 aromatic carbocycles. The molecule has 0 unspecified atom stereocenters. The van der Waals surface area contributed by atoms with Gasteiger partial charge in [0.2, 0.25) is 27.6 Å². The summed E-state index contributed by atoms with van der Waals surface area (Å²) in [6, 6.07) is 21.2. The van der Waals surface area contributed by atoms with Gasteiger partial charge in [0.1, 0.15) is 6.04 Å². The zero-order valence-corrected chi connectivity index (χ0v) is 18.5. The first-order valence-corrected chi connectivity index (χ1v) is 12.1. The highest BCUT2D eigenvalue weighted by Crippen LogP contribution is 2.28. The van der Waals surface area contributed by atoms with Crippen LogP contribution in [0.2, 0.25) is 0 Å². The van der Waals surface area contributed by atoms with E-state index in [4.69, 9.17) is 4.52 Å². The molecule has 2 heterocycles. The molecule has 4 aromatic rings. The topological polar surface area (TPSA) is 105 Å². The molecule has 1 atom stereocenters. The summed E-state index contributed by atoms with van der Waals surface area (Å²) in [6.45, 7) is 0.324. The molecule has 0 radical (unpaired) electrons. The van der Waals surface area contributed by atoms with Crippen LogP contribution < -0.4 is 5.32 Å². The monoisotopic (exact) mass is 462 g/mol. The van der Waals surface area contributed by atoms with Crippen molar-refractivity contribution >= 4 is 26.7 Å². The van der Waals surface area contributed by atoms with E-state index < -0.39 is 16.1 Å². The van der Waals surface area contributed by atoms with Crippen molar-refractivity contribution in [3.63, 3.8) is 0 Å². The van der Waals surface area contributed by atoms with Crippen LogP contribution in [0.3, 0.4) is 0 Å². The van der Waals surface area contributed by atoms with Crippen molar-refractivity contribution in [2.24, 2.45) is 0 Å². The molecule has 1 amide bonds. The van der Waals surface area contributed by atoms with Gasteiger partial charge in [-0.3, -0.25) is 4.79 Å². The highest BCUT2D eigenvalue weighted by atomic mass is 32.2. The summed E-state index contributed by atoms with van der Waals surface area (Å²) < 4.78 is 33.2. The Kier molecular flexibility index (Phi) is 5.65. The van der Waals surface area contributed by atoms with Gasteiger partial charge in [-0.2, -0.15) is 9.29 Å². The van der Waals surface area contributed by atoms with Crippen LogP contribution in [0.15, 0.2) is 82.2 Å². The van der Waals surface area contributed by atoms with Crippen LogP contribution in [0.1, 0.15) is 18.7 Å². The Hall–Kier alpha value is -3.56. The second kappa shape index (κ2) is 8.76. The van der Waals surface area contributed by atoms with Gasteiger partial charge in [-0.25, -0.2) is 8.42 Å². The van der Waals surface area contributed by atoms with E-state index in [0.29, 0.717) is 25.2 Å². The number of fused-ring (bicyclic) bond motifs is 1. The Morgan fingerprint density at radius 3 is 2.61 bits per heavy atom. The Bertz CT molecular complexity index is 1400. The van der Waals surface area contributed by atoms with E-state index in [1.807, 2.05) is 54.6 Å². The van der Waals surface area contributed by atoms with Crippen LogP contribution in [0, 0.1) is 0 Å². The van der Waals surface area contributed by atoms with E-state index in [2.05, 4.69) is 15.5 Å². The molecule has 33 heavy (non-hydrogen) atoms.